The molecule has 1 heterocycles. The van der Waals surface area contributed by atoms with E-state index in [0.29, 0.717) is 18.7 Å². The van der Waals surface area contributed by atoms with Gasteiger partial charge in [-0.05, 0) is 18.6 Å². The van der Waals surface area contributed by atoms with Crippen LogP contribution >= 0.6 is 35.3 Å². The molecular weight excluding hydrogens is 450 g/mol. The molecule has 7 heteroatoms. The zero-order chi connectivity index (χ0) is 17.7. The number of nitrogens with one attached hydrogen (secondary N) is 1. The molecule has 0 aliphatic heterocycles. The van der Waals surface area contributed by atoms with Gasteiger partial charge in [0.1, 0.15) is 5.82 Å². The molecular formula is C18H26FIN4S. The van der Waals surface area contributed by atoms with Crippen molar-refractivity contribution >= 4 is 41.3 Å². The Kier molecular flexibility index (Phi) is 8.27. The van der Waals surface area contributed by atoms with Gasteiger partial charge in [-0.15, -0.1) is 35.3 Å². The van der Waals surface area contributed by atoms with Gasteiger partial charge in [0.25, 0.3) is 0 Å². The smallest absolute Gasteiger partial charge is 0.193 e. The van der Waals surface area contributed by atoms with Crippen molar-refractivity contribution in [3.63, 3.8) is 0 Å². The molecule has 0 atom stereocenters. The van der Waals surface area contributed by atoms with Gasteiger partial charge in [-0.25, -0.2) is 9.37 Å². The van der Waals surface area contributed by atoms with Crippen molar-refractivity contribution in [3.05, 3.63) is 51.7 Å². The molecule has 0 amide bonds. The fraction of sp³-hybridized carbons (Fsp3) is 0.444. The van der Waals surface area contributed by atoms with Crippen LogP contribution in [0.1, 0.15) is 30.1 Å². The third kappa shape index (κ3) is 5.91. The van der Waals surface area contributed by atoms with Gasteiger partial charge in [-0.2, -0.15) is 0 Å². The molecule has 4 nitrogen and oxygen atoms in total. The third-order valence-corrected chi connectivity index (χ3v) is 4.75. The van der Waals surface area contributed by atoms with E-state index in [1.54, 1.807) is 24.5 Å². The quantitative estimate of drug-likeness (QED) is 0.400. The SMILES string of the molecule is CN=C(NCC(C)(C)c1ccccc1F)N(C)Cc1csc(C)n1.I. The van der Waals surface area contributed by atoms with Crippen LogP contribution in [-0.2, 0) is 12.0 Å². The second-order valence-corrected chi connectivity index (χ2v) is 7.54. The van der Waals surface area contributed by atoms with Crippen molar-refractivity contribution < 1.29 is 4.39 Å². The van der Waals surface area contributed by atoms with Gasteiger partial charge >= 0.3 is 0 Å². The summed E-state index contributed by atoms with van der Waals surface area (Å²) in [6, 6.07) is 6.92. The van der Waals surface area contributed by atoms with Gasteiger partial charge in [0.05, 0.1) is 17.2 Å². The molecule has 0 fully saturated rings. The topological polar surface area (TPSA) is 40.5 Å². The summed E-state index contributed by atoms with van der Waals surface area (Å²) in [5.74, 6) is 0.593. The Morgan fingerprint density at radius 2 is 2.04 bits per heavy atom. The lowest BCUT2D eigenvalue weighted by molar-refractivity contribution is 0.435. The molecule has 138 valence electrons. The van der Waals surface area contributed by atoms with Gasteiger partial charge < -0.3 is 10.2 Å². The van der Waals surface area contributed by atoms with Crippen LogP contribution in [0, 0.1) is 12.7 Å². The minimum Gasteiger partial charge on any atom is -0.355 e. The summed E-state index contributed by atoms with van der Waals surface area (Å²) in [5, 5.41) is 6.46. The lowest BCUT2D eigenvalue weighted by atomic mass is 9.84. The summed E-state index contributed by atoms with van der Waals surface area (Å²) in [5.41, 5.74) is 1.38. The number of halogens is 2. The Hall–Kier alpha value is -1.22. The zero-order valence-electron chi connectivity index (χ0n) is 15.3. The maximum absolute atomic E-state index is 14.1. The fourth-order valence-electron chi connectivity index (χ4n) is 2.59. The number of benzene rings is 1. The van der Waals surface area contributed by atoms with Crippen LogP contribution in [0.5, 0.6) is 0 Å². The number of aliphatic imine (C=N–C) groups is 1. The Labute approximate surface area is 170 Å². The van der Waals surface area contributed by atoms with Crippen LogP contribution in [0.2, 0.25) is 0 Å². The van der Waals surface area contributed by atoms with Crippen LogP contribution in [0.4, 0.5) is 4.39 Å². The molecule has 2 rings (SSSR count). The summed E-state index contributed by atoms with van der Waals surface area (Å²) in [6.45, 7) is 7.31. The van der Waals surface area contributed by atoms with Crippen LogP contribution in [0.25, 0.3) is 0 Å². The van der Waals surface area contributed by atoms with Crippen LogP contribution in [0.15, 0.2) is 34.6 Å². The van der Waals surface area contributed by atoms with E-state index < -0.39 is 0 Å². The first kappa shape index (κ1) is 21.8. The highest BCUT2D eigenvalue weighted by atomic mass is 127. The number of nitrogens with zero attached hydrogens (tertiary/aromatic N) is 3. The number of aromatic nitrogens is 1. The molecule has 2 aromatic rings. The second kappa shape index (κ2) is 9.47. The van der Waals surface area contributed by atoms with Crippen molar-refractivity contribution in [3.8, 4) is 0 Å². The lowest BCUT2D eigenvalue weighted by Crippen LogP contribution is -2.44. The third-order valence-electron chi connectivity index (χ3n) is 3.93. The highest BCUT2D eigenvalue weighted by molar-refractivity contribution is 14.0. The number of thiazole rings is 1. The molecule has 1 N–H and O–H groups in total. The number of hydrogen-bond acceptors (Lipinski definition) is 3. The minimum absolute atomic E-state index is 0. The zero-order valence-corrected chi connectivity index (χ0v) is 18.5. The predicted octanol–water partition coefficient (Wildman–Crippen LogP) is 4.19. The Morgan fingerprint density at radius 3 is 2.60 bits per heavy atom. The molecule has 1 aromatic carbocycles. The molecule has 0 bridgehead atoms. The average Bonchev–Trinajstić information content (AvgIpc) is 2.93. The Morgan fingerprint density at radius 1 is 1.36 bits per heavy atom. The van der Waals surface area contributed by atoms with Gasteiger partial charge in [-0.1, -0.05) is 32.0 Å². The average molecular weight is 476 g/mol. The highest BCUT2D eigenvalue weighted by Crippen LogP contribution is 2.24. The lowest BCUT2D eigenvalue weighted by Gasteiger charge is -2.29. The van der Waals surface area contributed by atoms with Crippen LogP contribution in [0.3, 0.4) is 0 Å². The summed E-state index contributed by atoms with van der Waals surface area (Å²) in [6.07, 6.45) is 0. The van der Waals surface area contributed by atoms with E-state index in [9.17, 15) is 4.39 Å². The maximum Gasteiger partial charge on any atom is 0.193 e. The first-order valence-corrected chi connectivity index (χ1v) is 8.79. The number of guanidine groups is 1. The van der Waals surface area contributed by atoms with Crippen molar-refractivity contribution in [2.45, 2.75) is 32.7 Å². The molecule has 1 aromatic heterocycles. The predicted molar refractivity (Wildman–Crippen MR) is 115 cm³/mol. The molecule has 25 heavy (non-hydrogen) atoms. The summed E-state index contributed by atoms with van der Waals surface area (Å²) >= 11 is 1.64. The van der Waals surface area contributed by atoms with Crippen LogP contribution in [-0.4, -0.2) is 36.5 Å². The fourth-order valence-corrected chi connectivity index (χ4v) is 3.19. The summed E-state index contributed by atoms with van der Waals surface area (Å²) in [4.78, 5) is 10.8. The molecule has 0 radical (unpaired) electrons. The van der Waals surface area contributed by atoms with E-state index in [4.69, 9.17) is 0 Å². The second-order valence-electron chi connectivity index (χ2n) is 6.48. The monoisotopic (exact) mass is 476 g/mol. The number of rotatable bonds is 5. The summed E-state index contributed by atoms with van der Waals surface area (Å²) < 4.78 is 14.1. The number of aryl methyl sites for hydroxylation is 1. The number of hydrogen-bond donors (Lipinski definition) is 1. The van der Waals surface area contributed by atoms with Gasteiger partial charge in [0.2, 0.25) is 0 Å². The summed E-state index contributed by atoms with van der Waals surface area (Å²) in [7, 11) is 3.72. The molecule has 0 spiro atoms. The highest BCUT2D eigenvalue weighted by Gasteiger charge is 2.24. The molecule has 0 saturated carbocycles. The van der Waals surface area contributed by atoms with E-state index in [2.05, 4.69) is 20.7 Å². The molecule has 0 unspecified atom stereocenters. The Balaban J connectivity index is 0.00000312. The van der Waals surface area contributed by atoms with Crippen LogP contribution < -0.4 is 5.32 Å². The molecule has 0 aliphatic rings. The minimum atomic E-state index is -0.348. The molecule has 0 saturated heterocycles. The van der Waals surface area contributed by atoms with Gasteiger partial charge in [0, 0.05) is 31.4 Å². The van der Waals surface area contributed by atoms with E-state index in [0.717, 1.165) is 16.7 Å². The first-order chi connectivity index (χ1) is 11.3. The van der Waals surface area contributed by atoms with Gasteiger partial charge in [-0.3, -0.25) is 4.99 Å². The first-order valence-electron chi connectivity index (χ1n) is 7.91. The molecule has 0 aliphatic carbocycles. The van der Waals surface area contributed by atoms with Crippen molar-refractivity contribution in [1.82, 2.24) is 15.2 Å². The van der Waals surface area contributed by atoms with Crippen molar-refractivity contribution in [2.75, 3.05) is 20.6 Å². The van der Waals surface area contributed by atoms with E-state index in [1.165, 1.54) is 6.07 Å². The van der Waals surface area contributed by atoms with Crippen molar-refractivity contribution in [1.29, 1.82) is 0 Å². The maximum atomic E-state index is 14.1. The normalized spacial score (nSPS) is 11.8. The standard InChI is InChI=1S/C18H25FN4S.HI/c1-13-22-14(11-24-13)10-23(5)17(20-4)21-12-18(2,3)15-8-6-7-9-16(15)19;/h6-9,11H,10,12H2,1-5H3,(H,20,21);1H. The van der Waals surface area contributed by atoms with Gasteiger partial charge in [0.15, 0.2) is 5.96 Å². The van der Waals surface area contributed by atoms with E-state index >= 15 is 0 Å². The van der Waals surface area contributed by atoms with E-state index in [-0.39, 0.29) is 35.2 Å². The van der Waals surface area contributed by atoms with E-state index in [1.807, 2.05) is 44.9 Å². The van der Waals surface area contributed by atoms with Crippen molar-refractivity contribution in [2.24, 2.45) is 4.99 Å². The largest absolute Gasteiger partial charge is 0.355 e. The Bertz CT molecular complexity index is 715.